The quantitative estimate of drug-likeness (QED) is 0.570. The van der Waals surface area contributed by atoms with Crippen LogP contribution in [-0.4, -0.2) is 23.4 Å². The molecule has 15 heavy (non-hydrogen) atoms. The average Bonchev–Trinajstić information content (AvgIpc) is 2.59. The highest BCUT2D eigenvalue weighted by atomic mass is 15.3. The fourth-order valence-corrected chi connectivity index (χ4v) is 1.59. The SMILES string of the molecule is CCn1nc(C)cc1CC=CCCNC. The van der Waals surface area contributed by atoms with E-state index in [4.69, 9.17) is 0 Å². The molecule has 0 aromatic carbocycles. The summed E-state index contributed by atoms with van der Waals surface area (Å²) in [5.74, 6) is 0. The van der Waals surface area contributed by atoms with Crippen LogP contribution in [0.5, 0.6) is 0 Å². The maximum Gasteiger partial charge on any atom is 0.0596 e. The van der Waals surface area contributed by atoms with Crippen molar-refractivity contribution in [3.05, 3.63) is 29.6 Å². The minimum atomic E-state index is 0.952. The molecule has 0 aliphatic heterocycles. The van der Waals surface area contributed by atoms with E-state index in [2.05, 4.69) is 40.2 Å². The predicted molar refractivity (Wildman–Crippen MR) is 64.0 cm³/mol. The Labute approximate surface area is 92.2 Å². The highest BCUT2D eigenvalue weighted by molar-refractivity contribution is 5.12. The predicted octanol–water partition coefficient (Wildman–Crippen LogP) is 1.92. The van der Waals surface area contributed by atoms with Crippen LogP contribution in [-0.2, 0) is 13.0 Å². The van der Waals surface area contributed by atoms with E-state index in [1.165, 1.54) is 5.69 Å². The van der Waals surface area contributed by atoms with Crippen LogP contribution in [0.2, 0.25) is 0 Å². The van der Waals surface area contributed by atoms with Gasteiger partial charge in [0.1, 0.15) is 0 Å². The van der Waals surface area contributed by atoms with Crippen LogP contribution in [0.4, 0.5) is 0 Å². The molecule has 0 radical (unpaired) electrons. The van der Waals surface area contributed by atoms with Crippen LogP contribution < -0.4 is 5.32 Å². The molecule has 1 N–H and O–H groups in total. The molecule has 0 fully saturated rings. The molecule has 0 unspecified atom stereocenters. The molecule has 3 heteroatoms. The van der Waals surface area contributed by atoms with Crippen molar-refractivity contribution < 1.29 is 0 Å². The molecule has 1 aromatic rings. The third-order valence-electron chi connectivity index (χ3n) is 2.34. The minimum Gasteiger partial charge on any atom is -0.319 e. The third-order valence-corrected chi connectivity index (χ3v) is 2.34. The van der Waals surface area contributed by atoms with E-state index in [-0.39, 0.29) is 0 Å². The lowest BCUT2D eigenvalue weighted by molar-refractivity contribution is 0.626. The van der Waals surface area contributed by atoms with E-state index in [1.54, 1.807) is 0 Å². The minimum absolute atomic E-state index is 0.952. The van der Waals surface area contributed by atoms with Crippen LogP contribution in [0.15, 0.2) is 18.2 Å². The molecule has 84 valence electrons. The maximum absolute atomic E-state index is 4.41. The summed E-state index contributed by atoms with van der Waals surface area (Å²) in [6, 6.07) is 2.16. The van der Waals surface area contributed by atoms with Gasteiger partial charge < -0.3 is 5.32 Å². The van der Waals surface area contributed by atoms with Crippen molar-refractivity contribution in [2.75, 3.05) is 13.6 Å². The number of rotatable bonds is 6. The molecule has 0 saturated heterocycles. The van der Waals surface area contributed by atoms with Crippen molar-refractivity contribution >= 4 is 0 Å². The first-order valence-electron chi connectivity index (χ1n) is 5.60. The second-order valence-corrected chi connectivity index (χ2v) is 3.66. The number of hydrogen-bond donors (Lipinski definition) is 1. The van der Waals surface area contributed by atoms with E-state index < -0.39 is 0 Å². The summed E-state index contributed by atoms with van der Waals surface area (Å²) in [5, 5.41) is 7.54. The summed E-state index contributed by atoms with van der Waals surface area (Å²) in [4.78, 5) is 0. The van der Waals surface area contributed by atoms with Crippen molar-refractivity contribution in [2.24, 2.45) is 0 Å². The summed E-state index contributed by atoms with van der Waals surface area (Å²) in [6.45, 7) is 6.16. The van der Waals surface area contributed by atoms with Crippen LogP contribution in [0.1, 0.15) is 24.7 Å². The Balaban J connectivity index is 2.45. The van der Waals surface area contributed by atoms with Gasteiger partial charge in [0.25, 0.3) is 0 Å². The van der Waals surface area contributed by atoms with Crippen LogP contribution in [0.25, 0.3) is 0 Å². The molecule has 0 spiro atoms. The van der Waals surface area contributed by atoms with E-state index in [9.17, 15) is 0 Å². The van der Waals surface area contributed by atoms with Crippen LogP contribution in [0, 0.1) is 6.92 Å². The first kappa shape index (κ1) is 12.0. The molecule has 0 aliphatic carbocycles. The Morgan fingerprint density at radius 1 is 1.47 bits per heavy atom. The first-order valence-corrected chi connectivity index (χ1v) is 5.60. The molecular formula is C12H21N3. The Kier molecular flexibility index (Phi) is 5.12. The second-order valence-electron chi connectivity index (χ2n) is 3.66. The van der Waals surface area contributed by atoms with E-state index in [0.29, 0.717) is 0 Å². The van der Waals surface area contributed by atoms with Crippen LogP contribution >= 0.6 is 0 Å². The Morgan fingerprint density at radius 3 is 2.93 bits per heavy atom. The van der Waals surface area contributed by atoms with Crippen molar-refractivity contribution in [1.29, 1.82) is 0 Å². The van der Waals surface area contributed by atoms with Crippen molar-refractivity contribution in [3.63, 3.8) is 0 Å². The van der Waals surface area contributed by atoms with E-state index >= 15 is 0 Å². The van der Waals surface area contributed by atoms with Gasteiger partial charge in [0.05, 0.1) is 5.69 Å². The Morgan fingerprint density at radius 2 is 2.27 bits per heavy atom. The van der Waals surface area contributed by atoms with Gasteiger partial charge in [0.15, 0.2) is 0 Å². The standard InChI is InChI=1S/C12H21N3/c1-4-15-12(10-11(2)14-15)8-6-5-7-9-13-3/h5-6,10,13H,4,7-9H2,1-3H3. The summed E-state index contributed by atoms with van der Waals surface area (Å²) in [5.41, 5.74) is 2.41. The molecule has 1 heterocycles. The Bertz CT molecular complexity index is 313. The molecule has 3 nitrogen and oxygen atoms in total. The highest BCUT2D eigenvalue weighted by Gasteiger charge is 2.00. The van der Waals surface area contributed by atoms with Crippen LogP contribution in [0.3, 0.4) is 0 Å². The van der Waals surface area contributed by atoms with Gasteiger partial charge in [0, 0.05) is 18.7 Å². The van der Waals surface area contributed by atoms with Gasteiger partial charge in [-0.05, 0) is 39.9 Å². The van der Waals surface area contributed by atoms with Gasteiger partial charge in [-0.2, -0.15) is 5.10 Å². The number of nitrogens with zero attached hydrogens (tertiary/aromatic N) is 2. The average molecular weight is 207 g/mol. The summed E-state index contributed by atoms with van der Waals surface area (Å²) in [6.07, 6.45) is 6.52. The monoisotopic (exact) mass is 207 g/mol. The number of allylic oxidation sites excluding steroid dienone is 1. The lowest BCUT2D eigenvalue weighted by atomic mass is 10.2. The molecule has 0 saturated carbocycles. The third kappa shape index (κ3) is 3.88. The van der Waals surface area contributed by atoms with Gasteiger partial charge in [0.2, 0.25) is 0 Å². The largest absolute Gasteiger partial charge is 0.319 e. The zero-order chi connectivity index (χ0) is 11.1. The van der Waals surface area contributed by atoms with Gasteiger partial charge >= 0.3 is 0 Å². The van der Waals surface area contributed by atoms with Crippen molar-refractivity contribution in [3.8, 4) is 0 Å². The zero-order valence-electron chi connectivity index (χ0n) is 9.95. The zero-order valence-corrected chi connectivity index (χ0v) is 9.95. The molecule has 0 atom stereocenters. The van der Waals surface area contributed by atoms with Gasteiger partial charge in [-0.3, -0.25) is 4.68 Å². The number of hydrogen-bond acceptors (Lipinski definition) is 2. The molecular weight excluding hydrogens is 186 g/mol. The molecule has 1 aromatic heterocycles. The molecule has 1 rings (SSSR count). The topological polar surface area (TPSA) is 29.9 Å². The smallest absolute Gasteiger partial charge is 0.0596 e. The normalized spacial score (nSPS) is 11.4. The highest BCUT2D eigenvalue weighted by Crippen LogP contribution is 2.05. The van der Waals surface area contributed by atoms with Gasteiger partial charge in [-0.25, -0.2) is 0 Å². The van der Waals surface area contributed by atoms with Gasteiger partial charge in [-0.15, -0.1) is 0 Å². The second kappa shape index (κ2) is 6.40. The summed E-state index contributed by atoms with van der Waals surface area (Å²) >= 11 is 0. The molecule has 0 bridgehead atoms. The lowest BCUT2D eigenvalue weighted by Gasteiger charge is -2.00. The lowest BCUT2D eigenvalue weighted by Crippen LogP contribution is -2.06. The summed E-state index contributed by atoms with van der Waals surface area (Å²) in [7, 11) is 1.98. The number of nitrogens with one attached hydrogen (secondary N) is 1. The maximum atomic E-state index is 4.41. The molecule has 0 aliphatic rings. The van der Waals surface area contributed by atoms with Gasteiger partial charge in [-0.1, -0.05) is 12.2 Å². The van der Waals surface area contributed by atoms with Crippen molar-refractivity contribution in [1.82, 2.24) is 15.1 Å². The number of aromatic nitrogens is 2. The van der Waals surface area contributed by atoms with E-state index in [0.717, 1.165) is 31.6 Å². The molecule has 0 amide bonds. The number of aryl methyl sites for hydroxylation is 2. The van der Waals surface area contributed by atoms with E-state index in [1.807, 2.05) is 14.0 Å². The summed E-state index contributed by atoms with van der Waals surface area (Å²) < 4.78 is 2.07. The van der Waals surface area contributed by atoms with Crippen molar-refractivity contribution in [2.45, 2.75) is 33.2 Å². The Hall–Kier alpha value is -1.09. The fourth-order valence-electron chi connectivity index (χ4n) is 1.59. The fraction of sp³-hybridized carbons (Fsp3) is 0.583. The first-order chi connectivity index (χ1) is 7.27.